The first-order valence-corrected chi connectivity index (χ1v) is 8.85. The van der Waals surface area contributed by atoms with Crippen molar-refractivity contribution in [2.24, 2.45) is 0 Å². The maximum Gasteiger partial charge on any atom is 0.134 e. The quantitative estimate of drug-likeness (QED) is 0.933. The molecule has 4 heterocycles. The Hall–Kier alpha value is -2.08. The van der Waals surface area contributed by atoms with Gasteiger partial charge in [-0.25, -0.2) is 9.97 Å². The van der Waals surface area contributed by atoms with Crippen molar-refractivity contribution >= 4 is 11.6 Å². The molecule has 6 heteroatoms. The molecule has 0 spiro atoms. The second-order valence-corrected chi connectivity index (χ2v) is 6.65. The van der Waals surface area contributed by atoms with E-state index in [0.29, 0.717) is 0 Å². The monoisotopic (exact) mass is 328 g/mol. The third-order valence-corrected chi connectivity index (χ3v) is 5.13. The number of aryl methyl sites for hydroxylation is 1. The summed E-state index contributed by atoms with van der Waals surface area (Å²) >= 11 is 0. The maximum absolute atomic E-state index is 9.66. The summed E-state index contributed by atoms with van der Waals surface area (Å²) in [4.78, 5) is 13.5. The highest BCUT2D eigenvalue weighted by Gasteiger charge is 2.24. The fraction of sp³-hybridized carbons (Fsp3) is 0.556. The van der Waals surface area contributed by atoms with E-state index < -0.39 is 0 Å². The number of hydrogen-bond donors (Lipinski definition) is 1. The molecular formula is C18H24N4O2. The van der Waals surface area contributed by atoms with Crippen LogP contribution in [0.1, 0.15) is 37.0 Å². The molecule has 0 amide bonds. The van der Waals surface area contributed by atoms with E-state index in [0.717, 1.165) is 62.7 Å². The molecule has 2 aliphatic heterocycles. The van der Waals surface area contributed by atoms with Gasteiger partial charge in [0.05, 0.1) is 18.9 Å². The van der Waals surface area contributed by atoms with E-state index in [4.69, 9.17) is 4.42 Å². The van der Waals surface area contributed by atoms with Gasteiger partial charge in [-0.15, -0.1) is 0 Å². The number of hydrogen-bond acceptors (Lipinski definition) is 6. The molecule has 1 N–H and O–H groups in total. The fourth-order valence-corrected chi connectivity index (χ4v) is 3.80. The smallest absolute Gasteiger partial charge is 0.134 e. The molecule has 0 saturated carbocycles. The molecule has 2 aromatic rings. The Morgan fingerprint density at radius 1 is 1.17 bits per heavy atom. The number of aliphatic hydroxyl groups excluding tert-OH is 1. The molecule has 2 aromatic heterocycles. The summed E-state index contributed by atoms with van der Waals surface area (Å²) in [5.41, 5.74) is 1.25. The summed E-state index contributed by atoms with van der Waals surface area (Å²) in [7, 11) is 0. The van der Waals surface area contributed by atoms with Gasteiger partial charge in [-0.1, -0.05) is 0 Å². The lowest BCUT2D eigenvalue weighted by atomic mass is 10.0. The van der Waals surface area contributed by atoms with Crippen molar-refractivity contribution in [3.63, 3.8) is 0 Å². The van der Waals surface area contributed by atoms with Crippen molar-refractivity contribution in [1.82, 2.24) is 9.97 Å². The van der Waals surface area contributed by atoms with Gasteiger partial charge in [0.15, 0.2) is 0 Å². The zero-order valence-corrected chi connectivity index (χ0v) is 13.9. The Balaban J connectivity index is 1.58. The lowest BCUT2D eigenvalue weighted by Crippen LogP contribution is -2.42. The van der Waals surface area contributed by atoms with Crippen molar-refractivity contribution < 1.29 is 9.52 Å². The normalized spacial score (nSPS) is 21.5. The van der Waals surface area contributed by atoms with Gasteiger partial charge in [-0.05, 0) is 31.7 Å². The summed E-state index contributed by atoms with van der Waals surface area (Å²) in [6, 6.07) is 4.30. The average molecular weight is 328 g/mol. The second-order valence-electron chi connectivity index (χ2n) is 6.65. The first kappa shape index (κ1) is 15.4. The molecule has 0 bridgehead atoms. The minimum atomic E-state index is 0.172. The van der Waals surface area contributed by atoms with Gasteiger partial charge < -0.3 is 19.3 Å². The third kappa shape index (κ3) is 2.98. The van der Waals surface area contributed by atoms with E-state index in [2.05, 4.69) is 31.9 Å². The summed E-state index contributed by atoms with van der Waals surface area (Å²) in [6.07, 6.45) is 8.82. The van der Waals surface area contributed by atoms with Crippen LogP contribution in [0.15, 0.2) is 29.1 Å². The highest BCUT2D eigenvalue weighted by atomic mass is 16.3. The molecule has 128 valence electrons. The zero-order chi connectivity index (χ0) is 16.4. The molecule has 1 fully saturated rings. The van der Waals surface area contributed by atoms with Crippen LogP contribution in [0.4, 0.5) is 11.6 Å². The predicted octanol–water partition coefficient (Wildman–Crippen LogP) is 2.37. The van der Waals surface area contributed by atoms with Gasteiger partial charge in [0.25, 0.3) is 0 Å². The van der Waals surface area contributed by atoms with Crippen LogP contribution in [-0.4, -0.2) is 40.8 Å². The largest absolute Gasteiger partial charge is 0.469 e. The average Bonchev–Trinajstić information content (AvgIpc) is 2.98. The van der Waals surface area contributed by atoms with Gasteiger partial charge in [-0.3, -0.25) is 0 Å². The SMILES string of the molecule is OCC1CCCCN1c1cc(N2CCCc3occc3C2)ncn1. The van der Waals surface area contributed by atoms with Gasteiger partial charge in [0.1, 0.15) is 23.7 Å². The second kappa shape index (κ2) is 6.81. The van der Waals surface area contributed by atoms with E-state index in [9.17, 15) is 5.11 Å². The number of rotatable bonds is 3. The lowest BCUT2D eigenvalue weighted by Gasteiger charge is -2.36. The lowest BCUT2D eigenvalue weighted by molar-refractivity contribution is 0.239. The van der Waals surface area contributed by atoms with Crippen LogP contribution in [0.3, 0.4) is 0 Å². The Morgan fingerprint density at radius 2 is 2.08 bits per heavy atom. The molecule has 0 radical (unpaired) electrons. The highest BCUT2D eigenvalue weighted by Crippen LogP contribution is 2.27. The Morgan fingerprint density at radius 3 is 3.00 bits per heavy atom. The molecule has 1 atom stereocenters. The van der Waals surface area contributed by atoms with E-state index in [-0.39, 0.29) is 12.6 Å². The Kier molecular flexibility index (Phi) is 4.38. The van der Waals surface area contributed by atoms with Gasteiger partial charge in [0.2, 0.25) is 0 Å². The molecular weight excluding hydrogens is 304 g/mol. The number of aromatic nitrogens is 2. The molecule has 4 rings (SSSR count). The third-order valence-electron chi connectivity index (χ3n) is 5.13. The van der Waals surface area contributed by atoms with Crippen LogP contribution in [-0.2, 0) is 13.0 Å². The van der Waals surface area contributed by atoms with Gasteiger partial charge in [0, 0.05) is 37.7 Å². The highest BCUT2D eigenvalue weighted by molar-refractivity contribution is 5.51. The van der Waals surface area contributed by atoms with Crippen LogP contribution in [0, 0.1) is 0 Å². The maximum atomic E-state index is 9.66. The molecule has 1 saturated heterocycles. The van der Waals surface area contributed by atoms with Crippen LogP contribution < -0.4 is 9.80 Å². The van der Waals surface area contributed by atoms with Crippen LogP contribution >= 0.6 is 0 Å². The van der Waals surface area contributed by atoms with Crippen molar-refractivity contribution in [2.75, 3.05) is 29.5 Å². The summed E-state index contributed by atoms with van der Waals surface area (Å²) in [5.74, 6) is 2.98. The van der Waals surface area contributed by atoms with Crippen LogP contribution in [0.2, 0.25) is 0 Å². The van der Waals surface area contributed by atoms with Crippen molar-refractivity contribution in [3.05, 3.63) is 36.0 Å². The Labute approximate surface area is 142 Å². The Bertz CT molecular complexity index is 687. The summed E-state index contributed by atoms with van der Waals surface area (Å²) in [6.45, 7) is 2.92. The first-order valence-electron chi connectivity index (χ1n) is 8.85. The van der Waals surface area contributed by atoms with Gasteiger partial charge in [-0.2, -0.15) is 0 Å². The summed E-state index contributed by atoms with van der Waals surface area (Å²) in [5, 5.41) is 9.66. The molecule has 0 aromatic carbocycles. The topological polar surface area (TPSA) is 65.6 Å². The number of nitrogens with zero attached hydrogens (tertiary/aromatic N) is 4. The zero-order valence-electron chi connectivity index (χ0n) is 13.9. The predicted molar refractivity (Wildman–Crippen MR) is 92.2 cm³/mol. The minimum Gasteiger partial charge on any atom is -0.469 e. The van der Waals surface area contributed by atoms with Crippen LogP contribution in [0.25, 0.3) is 0 Å². The van der Waals surface area contributed by atoms with Crippen molar-refractivity contribution in [2.45, 2.75) is 44.7 Å². The van der Waals surface area contributed by atoms with E-state index in [1.165, 1.54) is 12.0 Å². The summed E-state index contributed by atoms with van der Waals surface area (Å²) < 4.78 is 5.57. The number of aliphatic hydroxyl groups is 1. The number of furan rings is 1. The van der Waals surface area contributed by atoms with E-state index in [1.54, 1.807) is 12.6 Å². The van der Waals surface area contributed by atoms with Crippen molar-refractivity contribution in [1.29, 1.82) is 0 Å². The van der Waals surface area contributed by atoms with E-state index in [1.807, 2.05) is 0 Å². The van der Waals surface area contributed by atoms with Crippen LogP contribution in [0.5, 0.6) is 0 Å². The molecule has 24 heavy (non-hydrogen) atoms. The minimum absolute atomic E-state index is 0.172. The number of fused-ring (bicyclic) bond motifs is 1. The standard InChI is InChI=1S/C18H24N4O2/c23-12-15-4-1-2-8-22(15)18-10-17(19-13-20-18)21-7-3-5-16-14(11-21)6-9-24-16/h6,9-10,13,15,23H,1-5,7-8,11-12H2. The molecule has 6 nitrogen and oxygen atoms in total. The van der Waals surface area contributed by atoms with E-state index >= 15 is 0 Å². The number of piperidine rings is 1. The number of anilines is 2. The molecule has 0 aliphatic carbocycles. The molecule has 1 unspecified atom stereocenters. The molecule has 2 aliphatic rings. The van der Waals surface area contributed by atoms with Crippen molar-refractivity contribution in [3.8, 4) is 0 Å². The fourth-order valence-electron chi connectivity index (χ4n) is 3.80. The first-order chi connectivity index (χ1) is 11.8. The van der Waals surface area contributed by atoms with Gasteiger partial charge >= 0.3 is 0 Å².